The van der Waals surface area contributed by atoms with Gasteiger partial charge in [0.2, 0.25) is 0 Å². The van der Waals surface area contributed by atoms with Crippen molar-refractivity contribution in [3.05, 3.63) is 29.8 Å². The van der Waals surface area contributed by atoms with Gasteiger partial charge in [0.1, 0.15) is 11.6 Å². The molecule has 1 aromatic carbocycles. The Balaban J connectivity index is 1.79. The highest BCUT2D eigenvalue weighted by molar-refractivity contribution is 5.80. The summed E-state index contributed by atoms with van der Waals surface area (Å²) in [5, 5.41) is 3.06. The van der Waals surface area contributed by atoms with E-state index in [0.717, 1.165) is 12.1 Å². The van der Waals surface area contributed by atoms with E-state index in [0.29, 0.717) is 45.1 Å². The fourth-order valence-corrected chi connectivity index (χ4v) is 2.87. The summed E-state index contributed by atoms with van der Waals surface area (Å²) in [6.07, 6.45) is -4.44. The summed E-state index contributed by atoms with van der Waals surface area (Å²) < 4.78 is 63.6. The minimum atomic E-state index is -4.12. The highest BCUT2D eigenvalue weighted by Gasteiger charge is 2.26. The van der Waals surface area contributed by atoms with Crippen LogP contribution in [0.15, 0.2) is 23.2 Å². The molecule has 9 heteroatoms. The van der Waals surface area contributed by atoms with E-state index in [4.69, 9.17) is 0 Å². The van der Waals surface area contributed by atoms with Crippen molar-refractivity contribution in [1.29, 1.82) is 0 Å². The predicted octanol–water partition coefficient (Wildman–Crippen LogP) is 3.39. The zero-order valence-electron chi connectivity index (χ0n) is 14.6. The van der Waals surface area contributed by atoms with Crippen LogP contribution < -0.4 is 10.2 Å². The first-order valence-corrected chi connectivity index (χ1v) is 8.52. The molecule has 0 aromatic heterocycles. The number of rotatable bonds is 5. The van der Waals surface area contributed by atoms with Crippen molar-refractivity contribution in [3.63, 3.8) is 0 Å². The van der Waals surface area contributed by atoms with Crippen LogP contribution in [0.25, 0.3) is 0 Å². The zero-order chi connectivity index (χ0) is 19.2. The molecule has 0 amide bonds. The van der Waals surface area contributed by atoms with Gasteiger partial charge in [0.15, 0.2) is 5.96 Å². The molecular weight excluding hydrogens is 355 g/mol. The topological polar surface area (TPSA) is 30.9 Å². The first-order valence-electron chi connectivity index (χ1n) is 8.52. The van der Waals surface area contributed by atoms with Gasteiger partial charge in [-0.2, -0.15) is 13.2 Å². The van der Waals surface area contributed by atoms with Crippen molar-refractivity contribution in [2.75, 3.05) is 44.7 Å². The molecule has 0 spiro atoms. The first-order chi connectivity index (χ1) is 12.3. The quantitative estimate of drug-likeness (QED) is 0.369. The van der Waals surface area contributed by atoms with E-state index in [2.05, 4.69) is 10.3 Å². The Kier molecular flexibility index (Phi) is 7.05. The average Bonchev–Trinajstić information content (AvgIpc) is 2.59. The standard InChI is InChI=1S/C17H23F5N4/c1-23-16(24-7-3-2-6-17(20,21)22)26-10-8-25(9-11-26)15-12-13(18)4-5-14(15)19/h4-5,12H,2-3,6-11H2,1H3,(H,23,24). The molecule has 0 bridgehead atoms. The molecule has 1 aliphatic rings. The van der Waals surface area contributed by atoms with Crippen molar-refractivity contribution < 1.29 is 22.0 Å². The molecular formula is C17H23F5N4. The third-order valence-corrected chi connectivity index (χ3v) is 4.21. The number of hydrogen-bond donors (Lipinski definition) is 1. The average molecular weight is 378 g/mol. The Morgan fingerprint density at radius 1 is 1.12 bits per heavy atom. The Hall–Kier alpha value is -2.06. The van der Waals surface area contributed by atoms with E-state index in [9.17, 15) is 22.0 Å². The van der Waals surface area contributed by atoms with Crippen molar-refractivity contribution in [2.45, 2.75) is 25.4 Å². The maximum absolute atomic E-state index is 13.9. The fraction of sp³-hybridized carbons (Fsp3) is 0.588. The summed E-state index contributed by atoms with van der Waals surface area (Å²) in [5.74, 6) is -0.344. The summed E-state index contributed by atoms with van der Waals surface area (Å²) in [6, 6.07) is 3.37. The number of nitrogens with one attached hydrogen (secondary N) is 1. The number of nitrogens with zero attached hydrogens (tertiary/aromatic N) is 3. The van der Waals surface area contributed by atoms with Gasteiger partial charge < -0.3 is 15.1 Å². The molecule has 1 saturated heterocycles. The number of guanidine groups is 1. The van der Waals surface area contributed by atoms with Crippen molar-refractivity contribution in [2.24, 2.45) is 4.99 Å². The molecule has 1 aliphatic heterocycles. The second-order valence-corrected chi connectivity index (χ2v) is 6.12. The predicted molar refractivity (Wildman–Crippen MR) is 91.4 cm³/mol. The number of anilines is 1. The van der Waals surface area contributed by atoms with Crippen LogP contribution in [0.2, 0.25) is 0 Å². The van der Waals surface area contributed by atoms with Gasteiger partial charge in [-0.15, -0.1) is 0 Å². The van der Waals surface area contributed by atoms with Crippen molar-refractivity contribution in [3.8, 4) is 0 Å². The number of halogens is 5. The lowest BCUT2D eigenvalue weighted by Gasteiger charge is -2.37. The van der Waals surface area contributed by atoms with Crippen LogP contribution in [0, 0.1) is 11.6 Å². The Labute approximate surface area is 149 Å². The summed E-state index contributed by atoms with van der Waals surface area (Å²) in [4.78, 5) is 7.87. The molecule has 1 fully saturated rings. The highest BCUT2D eigenvalue weighted by atomic mass is 19.4. The molecule has 0 aliphatic carbocycles. The van der Waals surface area contributed by atoms with Gasteiger partial charge in [0.05, 0.1) is 5.69 Å². The highest BCUT2D eigenvalue weighted by Crippen LogP contribution is 2.23. The van der Waals surface area contributed by atoms with Gasteiger partial charge in [-0.3, -0.25) is 4.99 Å². The molecule has 1 aromatic rings. The summed E-state index contributed by atoms with van der Waals surface area (Å²) >= 11 is 0. The summed E-state index contributed by atoms with van der Waals surface area (Å²) in [7, 11) is 1.61. The van der Waals surface area contributed by atoms with E-state index in [1.165, 1.54) is 6.07 Å². The zero-order valence-corrected chi connectivity index (χ0v) is 14.6. The molecule has 2 rings (SSSR count). The van der Waals surface area contributed by atoms with Crippen LogP contribution in [0.4, 0.5) is 27.6 Å². The molecule has 0 unspecified atom stereocenters. The molecule has 4 nitrogen and oxygen atoms in total. The van der Waals surface area contributed by atoms with E-state index in [-0.39, 0.29) is 12.1 Å². The lowest BCUT2D eigenvalue weighted by Crippen LogP contribution is -2.52. The lowest BCUT2D eigenvalue weighted by atomic mass is 10.2. The molecule has 26 heavy (non-hydrogen) atoms. The third-order valence-electron chi connectivity index (χ3n) is 4.21. The van der Waals surface area contributed by atoms with Gasteiger partial charge in [-0.1, -0.05) is 0 Å². The number of benzene rings is 1. The van der Waals surface area contributed by atoms with Gasteiger partial charge >= 0.3 is 6.18 Å². The maximum Gasteiger partial charge on any atom is 0.389 e. The normalized spacial score (nSPS) is 16.2. The molecule has 1 heterocycles. The Morgan fingerprint density at radius 2 is 1.81 bits per heavy atom. The summed E-state index contributed by atoms with van der Waals surface area (Å²) in [5.41, 5.74) is 0.236. The van der Waals surface area contributed by atoms with E-state index in [1.807, 2.05) is 4.90 Å². The molecule has 0 radical (unpaired) electrons. The summed E-state index contributed by atoms with van der Waals surface area (Å²) in [6.45, 7) is 2.50. The van der Waals surface area contributed by atoms with Crippen LogP contribution in [0.3, 0.4) is 0 Å². The smallest absolute Gasteiger partial charge is 0.366 e. The lowest BCUT2D eigenvalue weighted by molar-refractivity contribution is -0.135. The van der Waals surface area contributed by atoms with Crippen LogP contribution in [-0.2, 0) is 0 Å². The second-order valence-electron chi connectivity index (χ2n) is 6.12. The SMILES string of the molecule is CN=C(NCCCCC(F)(F)F)N1CCN(c2cc(F)ccc2F)CC1. The number of piperazine rings is 1. The van der Waals surface area contributed by atoms with Crippen molar-refractivity contribution >= 4 is 11.6 Å². The van der Waals surface area contributed by atoms with Crippen molar-refractivity contribution in [1.82, 2.24) is 10.2 Å². The molecule has 1 N–H and O–H groups in total. The largest absolute Gasteiger partial charge is 0.389 e. The third kappa shape index (κ3) is 6.03. The number of alkyl halides is 3. The van der Waals surface area contributed by atoms with Crippen LogP contribution in [0.1, 0.15) is 19.3 Å². The molecule has 0 atom stereocenters. The molecule has 0 saturated carbocycles. The Bertz CT molecular complexity index is 610. The number of aliphatic imine (C=N–C) groups is 1. The van der Waals surface area contributed by atoms with Crippen LogP contribution in [0.5, 0.6) is 0 Å². The minimum Gasteiger partial charge on any atom is -0.366 e. The first kappa shape index (κ1) is 20.3. The maximum atomic E-state index is 13.9. The monoisotopic (exact) mass is 378 g/mol. The number of unbranched alkanes of at least 4 members (excludes halogenated alkanes) is 1. The minimum absolute atomic E-state index is 0.0696. The van der Waals surface area contributed by atoms with E-state index >= 15 is 0 Å². The number of hydrogen-bond acceptors (Lipinski definition) is 2. The fourth-order valence-electron chi connectivity index (χ4n) is 2.87. The van der Waals surface area contributed by atoms with E-state index < -0.39 is 24.2 Å². The van der Waals surface area contributed by atoms with Gasteiger partial charge in [-0.25, -0.2) is 8.78 Å². The van der Waals surface area contributed by atoms with Gasteiger partial charge in [0.25, 0.3) is 0 Å². The van der Waals surface area contributed by atoms with Crippen LogP contribution in [-0.4, -0.2) is 56.8 Å². The van der Waals surface area contributed by atoms with Gasteiger partial charge in [0, 0.05) is 52.3 Å². The molecule has 146 valence electrons. The van der Waals surface area contributed by atoms with Crippen LogP contribution >= 0.6 is 0 Å². The van der Waals surface area contributed by atoms with E-state index in [1.54, 1.807) is 11.9 Å². The second kappa shape index (κ2) is 9.05. The van der Waals surface area contributed by atoms with Gasteiger partial charge in [-0.05, 0) is 25.0 Å². The Morgan fingerprint density at radius 3 is 2.42 bits per heavy atom.